The Bertz CT molecular complexity index is 244. The lowest BCUT2D eigenvalue weighted by molar-refractivity contribution is -0.130. The summed E-state index contributed by atoms with van der Waals surface area (Å²) in [6, 6.07) is 0.632. The average Bonchev–Trinajstić information content (AvgIpc) is 2.63. The maximum atomic E-state index is 11.9. The van der Waals surface area contributed by atoms with Crippen LogP contribution in [0.1, 0.15) is 26.2 Å². The zero-order valence-corrected chi connectivity index (χ0v) is 10.2. The molecule has 16 heavy (non-hydrogen) atoms. The second kappa shape index (κ2) is 5.64. The van der Waals surface area contributed by atoms with Gasteiger partial charge in [0.1, 0.15) is 0 Å². The molecule has 2 aliphatic rings. The van der Waals surface area contributed by atoms with E-state index in [1.54, 1.807) is 0 Å². The minimum atomic E-state index is 0.274. The van der Waals surface area contributed by atoms with Crippen molar-refractivity contribution in [1.82, 2.24) is 15.1 Å². The molecule has 2 fully saturated rings. The predicted octanol–water partition coefficient (Wildman–Crippen LogP) is 0.293. The average molecular weight is 225 g/mol. The highest BCUT2D eigenvalue weighted by Crippen LogP contribution is 2.21. The van der Waals surface area contributed by atoms with Crippen LogP contribution in [0.2, 0.25) is 0 Å². The van der Waals surface area contributed by atoms with E-state index in [0.717, 1.165) is 26.1 Å². The minimum absolute atomic E-state index is 0.274. The molecule has 0 spiro atoms. The van der Waals surface area contributed by atoms with Gasteiger partial charge in [-0.1, -0.05) is 6.92 Å². The lowest BCUT2D eigenvalue weighted by Crippen LogP contribution is -2.43. The van der Waals surface area contributed by atoms with Crippen molar-refractivity contribution >= 4 is 5.91 Å². The number of likely N-dealkylation sites (N-methyl/N-ethyl adjacent to an activating group) is 1. The topological polar surface area (TPSA) is 35.6 Å². The smallest absolute Gasteiger partial charge is 0.236 e. The van der Waals surface area contributed by atoms with Gasteiger partial charge in [0.2, 0.25) is 5.91 Å². The number of fused-ring (bicyclic) bond motifs is 1. The molecule has 92 valence electrons. The highest BCUT2D eigenvalue weighted by atomic mass is 16.2. The molecule has 2 saturated heterocycles. The Morgan fingerprint density at radius 3 is 2.94 bits per heavy atom. The number of nitrogens with one attached hydrogen (secondary N) is 1. The lowest BCUT2D eigenvalue weighted by Gasteiger charge is -2.25. The third kappa shape index (κ3) is 2.74. The standard InChI is InChI=1S/C12H23N3O/c1-2-13-9-12(16)15-8-4-7-14-6-3-5-11(14)10-15/h11,13H,2-10H2,1H3. The van der Waals surface area contributed by atoms with Crippen molar-refractivity contribution in [2.45, 2.75) is 32.2 Å². The summed E-state index contributed by atoms with van der Waals surface area (Å²) in [5.74, 6) is 0.274. The zero-order chi connectivity index (χ0) is 11.4. The van der Waals surface area contributed by atoms with Gasteiger partial charge in [0.25, 0.3) is 0 Å². The molecule has 2 heterocycles. The molecule has 2 rings (SSSR count). The quantitative estimate of drug-likeness (QED) is 0.750. The Balaban J connectivity index is 1.87. The van der Waals surface area contributed by atoms with Gasteiger partial charge in [-0.15, -0.1) is 0 Å². The molecule has 0 aromatic rings. The Labute approximate surface area is 98.0 Å². The Kier molecular flexibility index (Phi) is 4.18. The third-order valence-electron chi connectivity index (χ3n) is 3.68. The van der Waals surface area contributed by atoms with Crippen LogP contribution in [0.25, 0.3) is 0 Å². The first kappa shape index (κ1) is 11.9. The molecule has 4 heteroatoms. The van der Waals surface area contributed by atoms with Crippen LogP contribution >= 0.6 is 0 Å². The van der Waals surface area contributed by atoms with Crippen LogP contribution in [0, 0.1) is 0 Å². The fourth-order valence-corrected chi connectivity index (χ4v) is 2.78. The fourth-order valence-electron chi connectivity index (χ4n) is 2.78. The molecule has 0 aliphatic carbocycles. The second-order valence-corrected chi connectivity index (χ2v) is 4.81. The predicted molar refractivity (Wildman–Crippen MR) is 64.3 cm³/mol. The van der Waals surface area contributed by atoms with Crippen LogP contribution in [0.3, 0.4) is 0 Å². The summed E-state index contributed by atoms with van der Waals surface area (Å²) in [5, 5.41) is 3.12. The zero-order valence-electron chi connectivity index (χ0n) is 10.2. The van der Waals surface area contributed by atoms with Gasteiger partial charge >= 0.3 is 0 Å². The molecule has 4 nitrogen and oxygen atoms in total. The highest BCUT2D eigenvalue weighted by Gasteiger charge is 2.30. The number of hydrogen-bond donors (Lipinski definition) is 1. The van der Waals surface area contributed by atoms with E-state index in [1.165, 1.54) is 25.9 Å². The number of nitrogens with zero attached hydrogens (tertiary/aromatic N) is 2. The van der Waals surface area contributed by atoms with Gasteiger partial charge in [0.05, 0.1) is 6.54 Å². The van der Waals surface area contributed by atoms with Crippen LogP contribution in [0.4, 0.5) is 0 Å². The van der Waals surface area contributed by atoms with Crippen LogP contribution in [-0.4, -0.2) is 61.0 Å². The molecule has 2 aliphatic heterocycles. The van der Waals surface area contributed by atoms with E-state index >= 15 is 0 Å². The first-order valence-corrected chi connectivity index (χ1v) is 6.54. The molecule has 1 atom stereocenters. The lowest BCUT2D eigenvalue weighted by atomic mass is 10.2. The summed E-state index contributed by atoms with van der Waals surface area (Å²) in [6.45, 7) is 7.71. The number of hydrogen-bond acceptors (Lipinski definition) is 3. The van der Waals surface area contributed by atoms with E-state index in [1.807, 2.05) is 6.92 Å². The van der Waals surface area contributed by atoms with Gasteiger partial charge in [0, 0.05) is 25.7 Å². The van der Waals surface area contributed by atoms with E-state index in [0.29, 0.717) is 12.6 Å². The first-order chi connectivity index (χ1) is 7.81. The fraction of sp³-hybridized carbons (Fsp3) is 0.917. The maximum Gasteiger partial charge on any atom is 0.236 e. The minimum Gasteiger partial charge on any atom is -0.340 e. The first-order valence-electron chi connectivity index (χ1n) is 6.54. The van der Waals surface area contributed by atoms with Crippen LogP contribution in [-0.2, 0) is 4.79 Å². The molecule has 0 saturated carbocycles. The Morgan fingerprint density at radius 2 is 2.12 bits per heavy atom. The van der Waals surface area contributed by atoms with Crippen molar-refractivity contribution in [1.29, 1.82) is 0 Å². The highest BCUT2D eigenvalue weighted by molar-refractivity contribution is 5.78. The summed E-state index contributed by atoms with van der Waals surface area (Å²) in [7, 11) is 0. The van der Waals surface area contributed by atoms with Crippen molar-refractivity contribution in [3.8, 4) is 0 Å². The number of amides is 1. The van der Waals surface area contributed by atoms with Crippen LogP contribution in [0.15, 0.2) is 0 Å². The molecule has 0 radical (unpaired) electrons. The summed E-state index contributed by atoms with van der Waals surface area (Å²) in [6.07, 6.45) is 3.71. The maximum absolute atomic E-state index is 11.9. The molecule has 1 N–H and O–H groups in total. The monoisotopic (exact) mass is 225 g/mol. The summed E-state index contributed by atoms with van der Waals surface area (Å²) >= 11 is 0. The van der Waals surface area contributed by atoms with Crippen molar-refractivity contribution < 1.29 is 4.79 Å². The molecule has 1 unspecified atom stereocenters. The van der Waals surface area contributed by atoms with E-state index in [9.17, 15) is 4.79 Å². The van der Waals surface area contributed by atoms with E-state index in [-0.39, 0.29) is 5.91 Å². The largest absolute Gasteiger partial charge is 0.340 e. The van der Waals surface area contributed by atoms with Crippen LogP contribution in [0.5, 0.6) is 0 Å². The molecule has 1 amide bonds. The molecule has 0 aromatic carbocycles. The summed E-state index contributed by atoms with van der Waals surface area (Å²) in [4.78, 5) is 16.6. The molecular weight excluding hydrogens is 202 g/mol. The molecule has 0 aromatic heterocycles. The van der Waals surface area contributed by atoms with E-state index in [4.69, 9.17) is 0 Å². The van der Waals surface area contributed by atoms with Gasteiger partial charge in [-0.2, -0.15) is 0 Å². The van der Waals surface area contributed by atoms with Crippen molar-refractivity contribution in [3.05, 3.63) is 0 Å². The van der Waals surface area contributed by atoms with E-state index in [2.05, 4.69) is 15.1 Å². The SMILES string of the molecule is CCNCC(=O)N1CCCN2CCCC2C1. The number of carbonyl (C=O) groups excluding carboxylic acids is 1. The Hall–Kier alpha value is -0.610. The summed E-state index contributed by atoms with van der Waals surface area (Å²) in [5.41, 5.74) is 0. The van der Waals surface area contributed by atoms with Gasteiger partial charge in [0.15, 0.2) is 0 Å². The van der Waals surface area contributed by atoms with Crippen molar-refractivity contribution in [2.24, 2.45) is 0 Å². The Morgan fingerprint density at radius 1 is 1.31 bits per heavy atom. The normalized spacial score (nSPS) is 26.6. The van der Waals surface area contributed by atoms with Gasteiger partial charge in [-0.05, 0) is 32.4 Å². The van der Waals surface area contributed by atoms with Gasteiger partial charge in [-0.25, -0.2) is 0 Å². The second-order valence-electron chi connectivity index (χ2n) is 4.81. The van der Waals surface area contributed by atoms with Crippen molar-refractivity contribution in [3.63, 3.8) is 0 Å². The van der Waals surface area contributed by atoms with Gasteiger partial charge < -0.3 is 10.2 Å². The molecular formula is C12H23N3O. The number of rotatable bonds is 3. The third-order valence-corrected chi connectivity index (χ3v) is 3.68. The van der Waals surface area contributed by atoms with Crippen LogP contribution < -0.4 is 5.32 Å². The van der Waals surface area contributed by atoms with Crippen molar-refractivity contribution in [2.75, 3.05) is 39.3 Å². The summed E-state index contributed by atoms with van der Waals surface area (Å²) < 4.78 is 0. The van der Waals surface area contributed by atoms with E-state index < -0.39 is 0 Å². The van der Waals surface area contributed by atoms with Gasteiger partial charge in [-0.3, -0.25) is 9.69 Å². The number of carbonyl (C=O) groups is 1. The molecule has 0 bridgehead atoms.